The Labute approximate surface area is 136 Å². The summed E-state index contributed by atoms with van der Waals surface area (Å²) in [4.78, 5) is 16.8. The lowest BCUT2D eigenvalue weighted by atomic mass is 10.2. The van der Waals surface area contributed by atoms with E-state index in [1.165, 1.54) is 0 Å². The Hall–Kier alpha value is -0.810. The largest absolute Gasteiger partial charge is 0.352 e. The number of nitrogens with zero attached hydrogens (tertiary/aromatic N) is 2. The van der Waals surface area contributed by atoms with Crippen LogP contribution >= 0.6 is 23.2 Å². The van der Waals surface area contributed by atoms with Crippen molar-refractivity contribution in [2.45, 2.75) is 6.42 Å². The van der Waals surface area contributed by atoms with Gasteiger partial charge in [-0.1, -0.05) is 29.3 Å². The first-order valence-electron chi connectivity index (χ1n) is 7.21. The Kier molecular flexibility index (Phi) is 6.30. The number of rotatable bonds is 5. The van der Waals surface area contributed by atoms with Gasteiger partial charge in [-0.2, -0.15) is 0 Å². The summed E-state index contributed by atoms with van der Waals surface area (Å²) in [6, 6.07) is 5.09. The van der Waals surface area contributed by atoms with Gasteiger partial charge in [-0.15, -0.1) is 0 Å². The number of amides is 1. The van der Waals surface area contributed by atoms with Crippen molar-refractivity contribution in [1.29, 1.82) is 0 Å². The highest BCUT2D eigenvalue weighted by Gasteiger charge is 2.14. The topological polar surface area (TPSA) is 35.6 Å². The molecule has 1 N–H and O–H groups in total. The van der Waals surface area contributed by atoms with Crippen LogP contribution in [0.25, 0.3) is 0 Å². The normalized spacial score (nSPS) is 16.9. The summed E-state index contributed by atoms with van der Waals surface area (Å²) in [6.07, 6.45) is 0.938. The number of nitrogens with one attached hydrogen (secondary N) is 1. The lowest BCUT2D eigenvalue weighted by molar-refractivity contribution is 0.0949. The molecule has 0 bridgehead atoms. The Bertz CT molecular complexity index is 488. The van der Waals surface area contributed by atoms with Gasteiger partial charge in [0.25, 0.3) is 5.91 Å². The average Bonchev–Trinajstić information content (AvgIpc) is 2.48. The molecule has 6 heteroatoms. The number of halogens is 2. The standard InChI is InChI=1S/C15H21Cl2N3O/c1-19-8-10-20(11-9-19)7-3-6-18-15(21)12-4-2-5-13(16)14(12)17/h2,4-5H,3,6-11H2,1H3,(H,18,21). The van der Waals surface area contributed by atoms with E-state index in [4.69, 9.17) is 23.2 Å². The minimum atomic E-state index is -0.166. The van der Waals surface area contributed by atoms with Crippen LogP contribution in [0.15, 0.2) is 18.2 Å². The molecule has 1 aliphatic heterocycles. The van der Waals surface area contributed by atoms with Crippen LogP contribution in [0.3, 0.4) is 0 Å². The first-order valence-corrected chi connectivity index (χ1v) is 7.96. The van der Waals surface area contributed by atoms with E-state index in [-0.39, 0.29) is 5.91 Å². The van der Waals surface area contributed by atoms with E-state index < -0.39 is 0 Å². The molecule has 4 nitrogen and oxygen atoms in total. The third-order valence-electron chi connectivity index (χ3n) is 3.73. The van der Waals surface area contributed by atoms with Gasteiger partial charge in [-0.3, -0.25) is 4.79 Å². The molecule has 1 heterocycles. The van der Waals surface area contributed by atoms with E-state index >= 15 is 0 Å². The van der Waals surface area contributed by atoms with Gasteiger partial charge < -0.3 is 15.1 Å². The Morgan fingerprint density at radius 1 is 1.24 bits per heavy atom. The Morgan fingerprint density at radius 2 is 1.95 bits per heavy atom. The molecule has 1 aliphatic rings. The quantitative estimate of drug-likeness (QED) is 0.842. The van der Waals surface area contributed by atoms with Gasteiger partial charge in [0.15, 0.2) is 0 Å². The predicted molar refractivity (Wildman–Crippen MR) is 87.3 cm³/mol. The van der Waals surface area contributed by atoms with Gasteiger partial charge in [0.05, 0.1) is 15.6 Å². The highest BCUT2D eigenvalue weighted by atomic mass is 35.5. The smallest absolute Gasteiger partial charge is 0.252 e. The maximum atomic E-state index is 12.0. The molecule has 0 saturated carbocycles. The summed E-state index contributed by atoms with van der Waals surface area (Å²) in [7, 11) is 2.15. The lowest BCUT2D eigenvalue weighted by Crippen LogP contribution is -2.45. The zero-order valence-corrected chi connectivity index (χ0v) is 13.8. The van der Waals surface area contributed by atoms with E-state index in [2.05, 4.69) is 22.2 Å². The zero-order chi connectivity index (χ0) is 15.2. The first-order chi connectivity index (χ1) is 10.1. The molecule has 116 valence electrons. The second kappa shape index (κ2) is 7.99. The van der Waals surface area contributed by atoms with Crippen molar-refractivity contribution in [3.8, 4) is 0 Å². The highest BCUT2D eigenvalue weighted by molar-refractivity contribution is 6.43. The van der Waals surface area contributed by atoms with Crippen molar-refractivity contribution in [3.05, 3.63) is 33.8 Å². The van der Waals surface area contributed by atoms with E-state index in [9.17, 15) is 4.79 Å². The fraction of sp³-hybridized carbons (Fsp3) is 0.533. The van der Waals surface area contributed by atoms with Gasteiger partial charge in [0.1, 0.15) is 0 Å². The number of hydrogen-bond acceptors (Lipinski definition) is 3. The predicted octanol–water partition coefficient (Wildman–Crippen LogP) is 2.36. The van der Waals surface area contributed by atoms with Crippen molar-refractivity contribution in [2.24, 2.45) is 0 Å². The van der Waals surface area contributed by atoms with Gasteiger partial charge in [-0.05, 0) is 32.1 Å². The number of piperazine rings is 1. The van der Waals surface area contributed by atoms with Crippen LogP contribution in [0.4, 0.5) is 0 Å². The molecular formula is C15H21Cl2N3O. The van der Waals surface area contributed by atoms with Crippen LogP contribution in [0, 0.1) is 0 Å². The van der Waals surface area contributed by atoms with Crippen LogP contribution < -0.4 is 5.32 Å². The maximum Gasteiger partial charge on any atom is 0.252 e. The van der Waals surface area contributed by atoms with E-state index in [0.717, 1.165) is 39.1 Å². The summed E-state index contributed by atoms with van der Waals surface area (Å²) in [5, 5.41) is 3.62. The summed E-state index contributed by atoms with van der Waals surface area (Å²) in [5.41, 5.74) is 0.434. The molecular weight excluding hydrogens is 309 g/mol. The number of carbonyl (C=O) groups is 1. The highest BCUT2D eigenvalue weighted by Crippen LogP contribution is 2.25. The third-order valence-corrected chi connectivity index (χ3v) is 4.55. The van der Waals surface area contributed by atoms with Gasteiger partial charge >= 0.3 is 0 Å². The molecule has 0 aliphatic carbocycles. The van der Waals surface area contributed by atoms with Gasteiger partial charge in [-0.25, -0.2) is 0 Å². The molecule has 1 fully saturated rings. The SMILES string of the molecule is CN1CCN(CCCNC(=O)c2cccc(Cl)c2Cl)CC1. The third kappa shape index (κ3) is 4.85. The van der Waals surface area contributed by atoms with Gasteiger partial charge in [0.2, 0.25) is 0 Å². The van der Waals surface area contributed by atoms with Crippen LogP contribution in [-0.2, 0) is 0 Å². The van der Waals surface area contributed by atoms with E-state index in [1.54, 1.807) is 18.2 Å². The van der Waals surface area contributed by atoms with Crippen LogP contribution in [0.5, 0.6) is 0 Å². The van der Waals surface area contributed by atoms with Crippen LogP contribution in [0.1, 0.15) is 16.8 Å². The summed E-state index contributed by atoms with van der Waals surface area (Å²) < 4.78 is 0. The van der Waals surface area contributed by atoms with Crippen LogP contribution in [-0.4, -0.2) is 62.0 Å². The van der Waals surface area contributed by atoms with Crippen molar-refractivity contribution in [1.82, 2.24) is 15.1 Å². The van der Waals surface area contributed by atoms with Crippen molar-refractivity contribution in [2.75, 3.05) is 46.3 Å². The monoisotopic (exact) mass is 329 g/mol. The van der Waals surface area contributed by atoms with Gasteiger partial charge in [0, 0.05) is 32.7 Å². The zero-order valence-electron chi connectivity index (χ0n) is 12.2. The van der Waals surface area contributed by atoms with Crippen LogP contribution in [0.2, 0.25) is 10.0 Å². The van der Waals surface area contributed by atoms with Crippen molar-refractivity contribution >= 4 is 29.1 Å². The summed E-state index contributed by atoms with van der Waals surface area (Å²) in [6.45, 7) is 6.09. The van der Waals surface area contributed by atoms with Crippen molar-refractivity contribution < 1.29 is 4.79 Å². The fourth-order valence-electron chi connectivity index (χ4n) is 2.35. The van der Waals surface area contributed by atoms with E-state index in [1.807, 2.05) is 0 Å². The molecule has 0 atom stereocenters. The maximum absolute atomic E-state index is 12.0. The fourth-order valence-corrected chi connectivity index (χ4v) is 2.74. The molecule has 0 radical (unpaired) electrons. The number of hydrogen-bond donors (Lipinski definition) is 1. The number of carbonyl (C=O) groups excluding carboxylic acids is 1. The second-order valence-electron chi connectivity index (χ2n) is 5.36. The average molecular weight is 330 g/mol. The van der Waals surface area contributed by atoms with Crippen molar-refractivity contribution in [3.63, 3.8) is 0 Å². The molecule has 1 saturated heterocycles. The number of benzene rings is 1. The Morgan fingerprint density at radius 3 is 2.67 bits per heavy atom. The summed E-state index contributed by atoms with van der Waals surface area (Å²) in [5.74, 6) is -0.166. The molecule has 0 spiro atoms. The number of likely N-dealkylation sites (N-methyl/N-ethyl adjacent to an activating group) is 1. The molecule has 2 rings (SSSR count). The molecule has 1 aromatic rings. The summed E-state index contributed by atoms with van der Waals surface area (Å²) >= 11 is 11.9. The second-order valence-corrected chi connectivity index (χ2v) is 6.14. The molecule has 21 heavy (non-hydrogen) atoms. The molecule has 0 aromatic heterocycles. The lowest BCUT2D eigenvalue weighted by Gasteiger charge is -2.32. The minimum absolute atomic E-state index is 0.166. The first kappa shape index (κ1) is 16.6. The minimum Gasteiger partial charge on any atom is -0.352 e. The molecule has 1 aromatic carbocycles. The van der Waals surface area contributed by atoms with E-state index in [0.29, 0.717) is 22.2 Å². The molecule has 0 unspecified atom stereocenters. The Balaban J connectivity index is 1.71. The molecule has 1 amide bonds.